The van der Waals surface area contributed by atoms with Gasteiger partial charge in [-0.3, -0.25) is 14.9 Å². The van der Waals surface area contributed by atoms with Crippen molar-refractivity contribution in [3.05, 3.63) is 82.3 Å². The van der Waals surface area contributed by atoms with Crippen molar-refractivity contribution in [1.29, 1.82) is 0 Å². The van der Waals surface area contributed by atoms with E-state index in [1.54, 1.807) is 12.1 Å². The minimum atomic E-state index is -3.88. The molecule has 1 aliphatic rings. The third-order valence-corrected chi connectivity index (χ3v) is 6.60. The molecule has 0 bridgehead atoms. The quantitative estimate of drug-likeness (QED) is 0.365. The zero-order chi connectivity index (χ0) is 24.1. The maximum Gasteiger partial charge on any atom is 0.270 e. The SMILES string of the molecule is O=C(Nc1cccc(S(=O)(=O)NCc2ccco2)c1)c1cc([N+](=O)[O-])ccc1N1CCOCC1. The molecule has 0 atom stereocenters. The van der Waals surface area contributed by atoms with Gasteiger partial charge >= 0.3 is 0 Å². The normalized spacial score (nSPS) is 14.1. The van der Waals surface area contributed by atoms with Crippen LogP contribution in [0.4, 0.5) is 17.1 Å². The number of nitrogens with zero attached hydrogens (tertiary/aromatic N) is 2. The van der Waals surface area contributed by atoms with Gasteiger partial charge in [-0.15, -0.1) is 0 Å². The van der Waals surface area contributed by atoms with E-state index in [9.17, 15) is 23.3 Å². The Kier molecular flexibility index (Phi) is 6.91. The summed E-state index contributed by atoms with van der Waals surface area (Å²) in [6.07, 6.45) is 1.44. The van der Waals surface area contributed by atoms with E-state index in [-0.39, 0.29) is 28.4 Å². The first-order valence-corrected chi connectivity index (χ1v) is 11.9. The van der Waals surface area contributed by atoms with Crippen LogP contribution in [0, 0.1) is 10.1 Å². The van der Waals surface area contributed by atoms with Crippen LogP contribution >= 0.6 is 0 Å². The van der Waals surface area contributed by atoms with Crippen molar-refractivity contribution in [2.24, 2.45) is 0 Å². The van der Waals surface area contributed by atoms with Gasteiger partial charge in [0.05, 0.1) is 47.1 Å². The highest BCUT2D eigenvalue weighted by atomic mass is 32.2. The summed E-state index contributed by atoms with van der Waals surface area (Å²) >= 11 is 0. The predicted molar refractivity (Wildman–Crippen MR) is 123 cm³/mol. The Bertz CT molecular complexity index is 1290. The zero-order valence-electron chi connectivity index (χ0n) is 18.0. The van der Waals surface area contributed by atoms with Gasteiger partial charge in [0.2, 0.25) is 10.0 Å². The number of nitro groups is 1. The molecule has 1 fully saturated rings. The predicted octanol–water partition coefficient (Wildman–Crippen LogP) is 2.76. The molecule has 2 N–H and O–H groups in total. The Morgan fingerprint density at radius 3 is 2.59 bits per heavy atom. The van der Waals surface area contributed by atoms with Crippen molar-refractivity contribution in [2.75, 3.05) is 36.5 Å². The molecule has 0 spiro atoms. The summed E-state index contributed by atoms with van der Waals surface area (Å²) in [4.78, 5) is 25.7. The van der Waals surface area contributed by atoms with Gasteiger partial charge < -0.3 is 19.4 Å². The van der Waals surface area contributed by atoms with Crippen LogP contribution in [0.3, 0.4) is 0 Å². The Labute approximate surface area is 195 Å². The van der Waals surface area contributed by atoms with E-state index in [0.717, 1.165) is 0 Å². The summed E-state index contributed by atoms with van der Waals surface area (Å²) in [5.74, 6) is -0.141. The van der Waals surface area contributed by atoms with Gasteiger partial charge in [0.1, 0.15) is 5.76 Å². The van der Waals surface area contributed by atoms with E-state index in [4.69, 9.17) is 9.15 Å². The number of furan rings is 1. The van der Waals surface area contributed by atoms with Crippen LogP contribution in [0.25, 0.3) is 0 Å². The number of carbonyl (C=O) groups excluding carboxylic acids is 1. The molecule has 2 heterocycles. The number of hydrogen-bond acceptors (Lipinski definition) is 8. The summed E-state index contributed by atoms with van der Waals surface area (Å²) in [6, 6.07) is 13.1. The topological polar surface area (TPSA) is 144 Å². The average molecular weight is 487 g/mol. The minimum absolute atomic E-state index is 0.0253. The number of morpholine rings is 1. The number of nitrogens with one attached hydrogen (secondary N) is 2. The fourth-order valence-electron chi connectivity index (χ4n) is 3.50. The van der Waals surface area contributed by atoms with Gasteiger partial charge in [0.25, 0.3) is 11.6 Å². The fourth-order valence-corrected chi connectivity index (χ4v) is 4.54. The van der Waals surface area contributed by atoms with Gasteiger partial charge in [-0.1, -0.05) is 6.07 Å². The highest BCUT2D eigenvalue weighted by Crippen LogP contribution is 2.28. The zero-order valence-corrected chi connectivity index (χ0v) is 18.8. The molecule has 11 nitrogen and oxygen atoms in total. The molecule has 1 saturated heterocycles. The highest BCUT2D eigenvalue weighted by molar-refractivity contribution is 7.89. The molecule has 1 amide bonds. The van der Waals surface area contributed by atoms with Gasteiger partial charge in [0, 0.05) is 30.9 Å². The van der Waals surface area contributed by atoms with E-state index in [0.29, 0.717) is 37.8 Å². The molecule has 2 aromatic carbocycles. The van der Waals surface area contributed by atoms with Crippen molar-refractivity contribution < 1.29 is 27.3 Å². The number of sulfonamides is 1. The van der Waals surface area contributed by atoms with Crippen LogP contribution in [-0.2, 0) is 21.3 Å². The van der Waals surface area contributed by atoms with Crippen LogP contribution < -0.4 is 14.9 Å². The van der Waals surface area contributed by atoms with Crippen molar-refractivity contribution >= 4 is 33.0 Å². The number of nitro benzene ring substituents is 1. The number of carbonyl (C=O) groups is 1. The Hall–Kier alpha value is -3.74. The first kappa shape index (κ1) is 23.4. The average Bonchev–Trinajstić information content (AvgIpc) is 3.37. The number of rotatable bonds is 8. The first-order valence-electron chi connectivity index (χ1n) is 10.4. The highest BCUT2D eigenvalue weighted by Gasteiger charge is 2.23. The molecule has 1 aromatic heterocycles. The van der Waals surface area contributed by atoms with Gasteiger partial charge in [0.15, 0.2) is 0 Å². The number of non-ortho nitro benzene ring substituents is 1. The molecule has 1 aliphatic heterocycles. The summed E-state index contributed by atoms with van der Waals surface area (Å²) in [7, 11) is -3.88. The summed E-state index contributed by atoms with van der Waals surface area (Å²) in [5.41, 5.74) is 0.654. The molecule has 12 heteroatoms. The molecule has 3 aromatic rings. The number of benzene rings is 2. The number of ether oxygens (including phenoxy) is 1. The second-order valence-corrected chi connectivity index (χ2v) is 9.21. The number of amides is 1. The van der Waals surface area contributed by atoms with Crippen molar-refractivity contribution in [2.45, 2.75) is 11.4 Å². The van der Waals surface area contributed by atoms with E-state index in [2.05, 4.69) is 10.0 Å². The van der Waals surface area contributed by atoms with Crippen molar-refractivity contribution in [3.63, 3.8) is 0 Å². The molecule has 0 saturated carbocycles. The standard InChI is InChI=1S/C22H22N4O7S/c27-22(20-14-17(26(28)29)6-7-21(20)25-8-11-32-12-9-25)24-16-3-1-5-19(13-16)34(30,31)23-15-18-4-2-10-33-18/h1-7,10,13-14,23H,8-9,11-12,15H2,(H,24,27). The molecule has 4 rings (SSSR count). The lowest BCUT2D eigenvalue weighted by atomic mass is 10.1. The van der Waals surface area contributed by atoms with E-state index < -0.39 is 20.9 Å². The molecular weight excluding hydrogens is 464 g/mol. The third kappa shape index (κ3) is 5.42. The van der Waals surface area contributed by atoms with Gasteiger partial charge in [-0.2, -0.15) is 0 Å². The van der Waals surface area contributed by atoms with Crippen LogP contribution in [0.15, 0.2) is 70.2 Å². The summed E-state index contributed by atoms with van der Waals surface area (Å²) in [5, 5.41) is 13.9. The van der Waals surface area contributed by atoms with Crippen molar-refractivity contribution in [3.8, 4) is 0 Å². The third-order valence-electron chi connectivity index (χ3n) is 5.21. The van der Waals surface area contributed by atoms with Gasteiger partial charge in [-0.05, 0) is 36.4 Å². The van der Waals surface area contributed by atoms with E-state index in [1.807, 2.05) is 4.90 Å². The molecule has 34 heavy (non-hydrogen) atoms. The van der Waals surface area contributed by atoms with Crippen LogP contribution in [-0.4, -0.2) is 45.6 Å². The van der Waals surface area contributed by atoms with Crippen LogP contribution in [0.2, 0.25) is 0 Å². The minimum Gasteiger partial charge on any atom is -0.468 e. The monoisotopic (exact) mass is 486 g/mol. The smallest absolute Gasteiger partial charge is 0.270 e. The Morgan fingerprint density at radius 1 is 1.09 bits per heavy atom. The molecule has 178 valence electrons. The Balaban J connectivity index is 1.56. The van der Waals surface area contributed by atoms with Crippen molar-refractivity contribution in [1.82, 2.24) is 4.72 Å². The maximum atomic E-state index is 13.1. The fraction of sp³-hybridized carbons (Fsp3) is 0.227. The lowest BCUT2D eigenvalue weighted by Gasteiger charge is -2.30. The lowest BCUT2D eigenvalue weighted by Crippen LogP contribution is -2.37. The largest absolute Gasteiger partial charge is 0.468 e. The van der Waals surface area contributed by atoms with Gasteiger partial charge in [-0.25, -0.2) is 13.1 Å². The Morgan fingerprint density at radius 2 is 1.88 bits per heavy atom. The molecule has 0 radical (unpaired) electrons. The second kappa shape index (κ2) is 10.0. The first-order chi connectivity index (χ1) is 16.3. The van der Waals surface area contributed by atoms with Crippen LogP contribution in [0.1, 0.15) is 16.1 Å². The maximum absolute atomic E-state index is 13.1. The summed E-state index contributed by atoms with van der Waals surface area (Å²) < 4.78 is 38.2. The number of anilines is 2. The molecule has 0 aliphatic carbocycles. The van der Waals surface area contributed by atoms with E-state index >= 15 is 0 Å². The summed E-state index contributed by atoms with van der Waals surface area (Å²) in [6.45, 7) is 1.99. The second-order valence-electron chi connectivity index (χ2n) is 7.44. The lowest BCUT2D eigenvalue weighted by molar-refractivity contribution is -0.384. The van der Waals surface area contributed by atoms with E-state index in [1.165, 1.54) is 48.7 Å². The molecular formula is C22H22N4O7S. The number of hydrogen-bond donors (Lipinski definition) is 2. The van der Waals surface area contributed by atoms with Crippen LogP contribution in [0.5, 0.6) is 0 Å². The molecule has 0 unspecified atom stereocenters.